The van der Waals surface area contributed by atoms with Crippen molar-refractivity contribution >= 4 is 0 Å². The van der Waals surface area contributed by atoms with Gasteiger partial charge in [0.25, 0.3) is 0 Å². The van der Waals surface area contributed by atoms with Gasteiger partial charge in [-0.15, -0.1) is 10.2 Å². The standard InChI is InChI=1S/C13H18N4O/c1-3-13(18,9-11-7-5-4-6-8-11)10-12-14-16-17(2)15-12/h4-8,18H,3,9-10H2,1-2H3. The predicted octanol–water partition coefficient (Wildman–Crippen LogP) is 1.14. The summed E-state index contributed by atoms with van der Waals surface area (Å²) < 4.78 is 0. The summed E-state index contributed by atoms with van der Waals surface area (Å²) in [6, 6.07) is 9.96. The van der Waals surface area contributed by atoms with Crippen molar-refractivity contribution in [3.63, 3.8) is 0 Å². The monoisotopic (exact) mass is 246 g/mol. The van der Waals surface area contributed by atoms with Crippen molar-refractivity contribution in [1.82, 2.24) is 20.2 Å². The number of benzene rings is 1. The average molecular weight is 246 g/mol. The minimum Gasteiger partial charge on any atom is -0.389 e. The summed E-state index contributed by atoms with van der Waals surface area (Å²) in [5.74, 6) is 0.581. The van der Waals surface area contributed by atoms with Gasteiger partial charge in [-0.1, -0.05) is 37.3 Å². The van der Waals surface area contributed by atoms with E-state index in [1.165, 1.54) is 4.80 Å². The first kappa shape index (κ1) is 12.7. The minimum atomic E-state index is -0.815. The van der Waals surface area contributed by atoms with Crippen molar-refractivity contribution in [2.24, 2.45) is 7.05 Å². The molecule has 0 amide bonds. The van der Waals surface area contributed by atoms with Gasteiger partial charge in [0, 0.05) is 12.8 Å². The van der Waals surface area contributed by atoms with E-state index in [0.29, 0.717) is 25.1 Å². The third-order valence-corrected chi connectivity index (χ3v) is 3.07. The van der Waals surface area contributed by atoms with E-state index in [9.17, 15) is 5.11 Å². The lowest BCUT2D eigenvalue weighted by atomic mass is 9.88. The van der Waals surface area contributed by atoms with Gasteiger partial charge in [0.05, 0.1) is 12.6 Å². The first-order valence-corrected chi connectivity index (χ1v) is 6.10. The maximum atomic E-state index is 10.6. The summed E-state index contributed by atoms with van der Waals surface area (Å²) in [4.78, 5) is 1.41. The van der Waals surface area contributed by atoms with Gasteiger partial charge in [0.1, 0.15) is 0 Å². The second-order valence-electron chi connectivity index (χ2n) is 4.61. The number of tetrazole rings is 1. The van der Waals surface area contributed by atoms with Crippen LogP contribution in [0, 0.1) is 0 Å². The first-order valence-electron chi connectivity index (χ1n) is 6.10. The van der Waals surface area contributed by atoms with Crippen LogP contribution in [0.5, 0.6) is 0 Å². The maximum absolute atomic E-state index is 10.6. The first-order chi connectivity index (χ1) is 8.61. The Morgan fingerprint density at radius 2 is 1.94 bits per heavy atom. The molecule has 0 fully saturated rings. The molecule has 0 spiro atoms. The van der Waals surface area contributed by atoms with E-state index >= 15 is 0 Å². The van der Waals surface area contributed by atoms with Crippen LogP contribution in [0.4, 0.5) is 0 Å². The molecule has 96 valence electrons. The summed E-state index contributed by atoms with van der Waals surface area (Å²) in [7, 11) is 1.72. The number of hydrogen-bond donors (Lipinski definition) is 1. The molecule has 0 saturated heterocycles. The molecule has 0 aliphatic rings. The zero-order chi connectivity index (χ0) is 13.0. The fraction of sp³-hybridized carbons (Fsp3) is 0.462. The fourth-order valence-corrected chi connectivity index (χ4v) is 1.98. The van der Waals surface area contributed by atoms with Crippen molar-refractivity contribution in [3.05, 3.63) is 41.7 Å². The van der Waals surface area contributed by atoms with Crippen molar-refractivity contribution < 1.29 is 5.11 Å². The quantitative estimate of drug-likeness (QED) is 0.859. The SMILES string of the molecule is CCC(O)(Cc1ccccc1)Cc1nnn(C)n1. The second kappa shape index (κ2) is 5.27. The molecule has 0 radical (unpaired) electrons. The van der Waals surface area contributed by atoms with E-state index in [-0.39, 0.29) is 0 Å². The van der Waals surface area contributed by atoms with Gasteiger partial charge in [0.15, 0.2) is 5.82 Å². The lowest BCUT2D eigenvalue weighted by molar-refractivity contribution is 0.0348. The maximum Gasteiger partial charge on any atom is 0.177 e. The Balaban J connectivity index is 2.10. The zero-order valence-corrected chi connectivity index (χ0v) is 10.7. The lowest BCUT2D eigenvalue weighted by Gasteiger charge is -2.25. The highest BCUT2D eigenvalue weighted by molar-refractivity contribution is 5.17. The van der Waals surface area contributed by atoms with Crippen LogP contribution >= 0.6 is 0 Å². The third kappa shape index (κ3) is 3.13. The molecule has 0 aliphatic carbocycles. The number of rotatable bonds is 5. The van der Waals surface area contributed by atoms with Gasteiger partial charge in [-0.2, -0.15) is 4.80 Å². The average Bonchev–Trinajstić information content (AvgIpc) is 2.75. The summed E-state index contributed by atoms with van der Waals surface area (Å²) in [5, 5.41) is 22.5. The Labute approximate surface area is 106 Å². The van der Waals surface area contributed by atoms with Gasteiger partial charge < -0.3 is 5.11 Å². The Morgan fingerprint density at radius 1 is 1.22 bits per heavy atom. The van der Waals surface area contributed by atoms with Crippen LogP contribution in [0.25, 0.3) is 0 Å². The van der Waals surface area contributed by atoms with Gasteiger partial charge in [-0.3, -0.25) is 0 Å². The van der Waals surface area contributed by atoms with Gasteiger partial charge >= 0.3 is 0 Å². The third-order valence-electron chi connectivity index (χ3n) is 3.07. The van der Waals surface area contributed by atoms with Gasteiger partial charge in [-0.05, 0) is 17.2 Å². The largest absolute Gasteiger partial charge is 0.389 e. The second-order valence-corrected chi connectivity index (χ2v) is 4.61. The molecule has 1 heterocycles. The van der Waals surface area contributed by atoms with Gasteiger partial charge in [-0.25, -0.2) is 0 Å². The normalized spacial score (nSPS) is 14.4. The molecule has 1 unspecified atom stereocenters. The smallest absolute Gasteiger partial charge is 0.177 e. The summed E-state index contributed by atoms with van der Waals surface area (Å²) in [6.45, 7) is 1.97. The molecule has 1 aromatic heterocycles. The number of aryl methyl sites for hydroxylation is 1. The van der Waals surface area contributed by atoms with E-state index in [2.05, 4.69) is 15.4 Å². The van der Waals surface area contributed by atoms with E-state index in [0.717, 1.165) is 5.56 Å². The molecule has 18 heavy (non-hydrogen) atoms. The Kier molecular flexibility index (Phi) is 3.72. The molecule has 1 aromatic carbocycles. The van der Waals surface area contributed by atoms with Crippen LogP contribution in [0.15, 0.2) is 30.3 Å². The minimum absolute atomic E-state index is 0.423. The molecule has 5 heteroatoms. The summed E-state index contributed by atoms with van der Waals surface area (Å²) in [5.41, 5.74) is 0.301. The lowest BCUT2D eigenvalue weighted by Crippen LogP contribution is -2.33. The van der Waals surface area contributed by atoms with Crippen LogP contribution in [0.2, 0.25) is 0 Å². The van der Waals surface area contributed by atoms with Crippen LogP contribution in [0.3, 0.4) is 0 Å². The zero-order valence-electron chi connectivity index (χ0n) is 10.7. The van der Waals surface area contributed by atoms with Crippen molar-refractivity contribution in [2.75, 3.05) is 0 Å². The van der Waals surface area contributed by atoms with Crippen molar-refractivity contribution in [1.29, 1.82) is 0 Å². The molecule has 1 atom stereocenters. The number of hydrogen-bond acceptors (Lipinski definition) is 4. The topological polar surface area (TPSA) is 63.8 Å². The number of nitrogens with zero attached hydrogens (tertiary/aromatic N) is 4. The van der Waals surface area contributed by atoms with Crippen LogP contribution in [-0.2, 0) is 19.9 Å². The molecule has 1 N–H and O–H groups in total. The molecule has 2 rings (SSSR count). The molecule has 0 aliphatic heterocycles. The molecular weight excluding hydrogens is 228 g/mol. The van der Waals surface area contributed by atoms with Crippen LogP contribution < -0.4 is 0 Å². The van der Waals surface area contributed by atoms with Gasteiger partial charge in [0.2, 0.25) is 0 Å². The van der Waals surface area contributed by atoms with E-state index in [1.807, 2.05) is 37.3 Å². The molecule has 0 bridgehead atoms. The molecule has 2 aromatic rings. The number of aromatic nitrogens is 4. The van der Waals surface area contributed by atoms with E-state index in [4.69, 9.17) is 0 Å². The number of aliphatic hydroxyl groups is 1. The highest BCUT2D eigenvalue weighted by atomic mass is 16.3. The Bertz CT molecular complexity index is 497. The highest BCUT2D eigenvalue weighted by Crippen LogP contribution is 2.20. The molecule has 5 nitrogen and oxygen atoms in total. The Morgan fingerprint density at radius 3 is 2.50 bits per heavy atom. The van der Waals surface area contributed by atoms with Crippen molar-refractivity contribution in [2.45, 2.75) is 31.8 Å². The summed E-state index contributed by atoms with van der Waals surface area (Å²) >= 11 is 0. The summed E-state index contributed by atoms with van der Waals surface area (Å²) in [6.07, 6.45) is 1.68. The molecular formula is C13H18N4O. The molecule has 0 saturated carbocycles. The van der Waals surface area contributed by atoms with Crippen molar-refractivity contribution in [3.8, 4) is 0 Å². The fourth-order valence-electron chi connectivity index (χ4n) is 1.98. The van der Waals surface area contributed by atoms with Crippen LogP contribution in [0.1, 0.15) is 24.7 Å². The highest BCUT2D eigenvalue weighted by Gasteiger charge is 2.27. The van der Waals surface area contributed by atoms with E-state index in [1.54, 1.807) is 7.05 Å². The van der Waals surface area contributed by atoms with E-state index < -0.39 is 5.60 Å². The van der Waals surface area contributed by atoms with Crippen LogP contribution in [-0.4, -0.2) is 30.9 Å². The predicted molar refractivity (Wildman–Crippen MR) is 67.9 cm³/mol. The Hall–Kier alpha value is -1.75.